The minimum absolute atomic E-state index is 0.158. The van der Waals surface area contributed by atoms with Gasteiger partial charge in [-0.1, -0.05) is 19.9 Å². The predicted molar refractivity (Wildman–Crippen MR) is 73.2 cm³/mol. The van der Waals surface area contributed by atoms with Gasteiger partial charge in [0, 0.05) is 31.2 Å². The van der Waals surface area contributed by atoms with E-state index in [2.05, 4.69) is 30.6 Å². The summed E-state index contributed by atoms with van der Waals surface area (Å²) in [4.78, 5) is 2.14. The monoisotopic (exact) mass is 252 g/mol. The normalized spacial score (nSPS) is 11.4. The van der Waals surface area contributed by atoms with E-state index in [9.17, 15) is 0 Å². The van der Waals surface area contributed by atoms with Gasteiger partial charge in [0.15, 0.2) is 0 Å². The molecule has 0 saturated carbocycles. The molecule has 18 heavy (non-hydrogen) atoms. The van der Waals surface area contributed by atoms with E-state index >= 15 is 0 Å². The second-order valence-corrected chi connectivity index (χ2v) is 4.65. The molecule has 4 heteroatoms. The van der Waals surface area contributed by atoms with Crippen molar-refractivity contribution in [2.45, 2.75) is 33.0 Å². The first kappa shape index (κ1) is 15.0. The molecule has 0 aliphatic rings. The van der Waals surface area contributed by atoms with Crippen molar-refractivity contribution in [2.24, 2.45) is 0 Å². The highest BCUT2D eigenvalue weighted by atomic mass is 16.3. The van der Waals surface area contributed by atoms with E-state index in [0.29, 0.717) is 12.6 Å². The lowest BCUT2D eigenvalue weighted by atomic mass is 10.2. The highest BCUT2D eigenvalue weighted by Gasteiger charge is 2.10. The Morgan fingerprint density at radius 1 is 1.56 bits per heavy atom. The molecule has 1 heterocycles. The van der Waals surface area contributed by atoms with Gasteiger partial charge in [-0.15, -0.1) is 6.58 Å². The van der Waals surface area contributed by atoms with E-state index in [1.54, 1.807) is 6.26 Å². The average molecular weight is 252 g/mol. The Morgan fingerprint density at radius 3 is 2.94 bits per heavy atom. The molecule has 0 aromatic carbocycles. The van der Waals surface area contributed by atoms with Crippen molar-refractivity contribution in [3.8, 4) is 0 Å². The zero-order valence-electron chi connectivity index (χ0n) is 11.4. The van der Waals surface area contributed by atoms with Crippen molar-refractivity contribution >= 4 is 0 Å². The second-order valence-electron chi connectivity index (χ2n) is 4.65. The lowest BCUT2D eigenvalue weighted by Crippen LogP contribution is -2.27. The molecule has 0 bridgehead atoms. The molecular formula is C14H24N2O2. The van der Waals surface area contributed by atoms with Crippen LogP contribution in [-0.2, 0) is 13.1 Å². The van der Waals surface area contributed by atoms with Gasteiger partial charge in [0.1, 0.15) is 5.76 Å². The van der Waals surface area contributed by atoms with Gasteiger partial charge in [-0.3, -0.25) is 4.90 Å². The van der Waals surface area contributed by atoms with Crippen LogP contribution >= 0.6 is 0 Å². The van der Waals surface area contributed by atoms with Crippen LogP contribution in [-0.4, -0.2) is 35.7 Å². The summed E-state index contributed by atoms with van der Waals surface area (Å²) < 4.78 is 5.49. The number of hydrogen-bond acceptors (Lipinski definition) is 4. The maximum atomic E-state index is 9.03. The van der Waals surface area contributed by atoms with E-state index in [1.165, 1.54) is 5.56 Å². The molecule has 2 N–H and O–H groups in total. The summed E-state index contributed by atoms with van der Waals surface area (Å²) >= 11 is 0. The Kier molecular flexibility index (Phi) is 6.72. The lowest BCUT2D eigenvalue weighted by Gasteiger charge is -2.19. The largest absolute Gasteiger partial charge is 0.468 e. The van der Waals surface area contributed by atoms with Crippen molar-refractivity contribution in [2.75, 3.05) is 19.7 Å². The SMILES string of the molecule is C=CCN(CCO)Cc1ccoc1CNC(C)C. The van der Waals surface area contributed by atoms with Crippen LogP contribution in [0.2, 0.25) is 0 Å². The number of rotatable bonds is 9. The van der Waals surface area contributed by atoms with Crippen LogP contribution in [0, 0.1) is 0 Å². The molecule has 0 amide bonds. The summed E-state index contributed by atoms with van der Waals surface area (Å²) in [5.41, 5.74) is 1.17. The molecule has 0 radical (unpaired) electrons. The van der Waals surface area contributed by atoms with E-state index in [4.69, 9.17) is 9.52 Å². The summed E-state index contributed by atoms with van der Waals surface area (Å²) in [5.74, 6) is 0.968. The van der Waals surface area contributed by atoms with E-state index < -0.39 is 0 Å². The number of aliphatic hydroxyl groups is 1. The first-order valence-corrected chi connectivity index (χ1v) is 6.40. The summed E-state index contributed by atoms with van der Waals surface area (Å²) in [6.45, 7) is 11.0. The molecule has 0 spiro atoms. The quantitative estimate of drug-likeness (QED) is 0.658. The van der Waals surface area contributed by atoms with Gasteiger partial charge in [-0.05, 0) is 6.07 Å². The fourth-order valence-electron chi connectivity index (χ4n) is 1.76. The summed E-state index contributed by atoms with van der Waals surface area (Å²) in [5, 5.41) is 12.4. The number of nitrogens with one attached hydrogen (secondary N) is 1. The smallest absolute Gasteiger partial charge is 0.122 e. The topological polar surface area (TPSA) is 48.6 Å². The maximum Gasteiger partial charge on any atom is 0.122 e. The molecule has 0 saturated heterocycles. The summed E-state index contributed by atoms with van der Waals surface area (Å²) in [6.07, 6.45) is 3.57. The molecule has 1 aromatic rings. The Balaban J connectivity index is 2.58. The molecule has 0 aliphatic carbocycles. The predicted octanol–water partition coefficient (Wildman–Crippen LogP) is 1.76. The molecule has 0 atom stereocenters. The number of furan rings is 1. The van der Waals surface area contributed by atoms with Crippen LogP contribution in [0.1, 0.15) is 25.2 Å². The van der Waals surface area contributed by atoms with Crippen molar-refractivity contribution < 1.29 is 9.52 Å². The van der Waals surface area contributed by atoms with Crippen LogP contribution in [0.3, 0.4) is 0 Å². The Labute approximate surface area is 109 Å². The fraction of sp³-hybridized carbons (Fsp3) is 0.571. The zero-order valence-corrected chi connectivity index (χ0v) is 11.4. The second kappa shape index (κ2) is 8.08. The molecule has 4 nitrogen and oxygen atoms in total. The van der Waals surface area contributed by atoms with Gasteiger partial charge in [0.2, 0.25) is 0 Å². The molecule has 0 fully saturated rings. The van der Waals surface area contributed by atoms with Gasteiger partial charge in [-0.2, -0.15) is 0 Å². The Hall–Kier alpha value is -1.10. The van der Waals surface area contributed by atoms with Crippen LogP contribution in [0.25, 0.3) is 0 Å². The third kappa shape index (κ3) is 5.04. The highest BCUT2D eigenvalue weighted by molar-refractivity contribution is 5.17. The van der Waals surface area contributed by atoms with E-state index in [-0.39, 0.29) is 6.61 Å². The first-order chi connectivity index (χ1) is 8.67. The summed E-state index contributed by atoms with van der Waals surface area (Å²) in [7, 11) is 0. The zero-order chi connectivity index (χ0) is 13.4. The van der Waals surface area contributed by atoms with Gasteiger partial charge in [0.25, 0.3) is 0 Å². The Bertz CT molecular complexity index is 347. The van der Waals surface area contributed by atoms with Crippen LogP contribution < -0.4 is 5.32 Å². The van der Waals surface area contributed by atoms with E-state index in [0.717, 1.165) is 25.4 Å². The van der Waals surface area contributed by atoms with Gasteiger partial charge in [-0.25, -0.2) is 0 Å². The number of aliphatic hydroxyl groups excluding tert-OH is 1. The maximum absolute atomic E-state index is 9.03. The summed E-state index contributed by atoms with van der Waals surface area (Å²) in [6, 6.07) is 2.43. The molecule has 1 aromatic heterocycles. The molecule has 1 rings (SSSR count). The Morgan fingerprint density at radius 2 is 2.33 bits per heavy atom. The first-order valence-electron chi connectivity index (χ1n) is 6.40. The minimum atomic E-state index is 0.158. The lowest BCUT2D eigenvalue weighted by molar-refractivity contribution is 0.202. The van der Waals surface area contributed by atoms with E-state index in [1.807, 2.05) is 12.1 Å². The van der Waals surface area contributed by atoms with Crippen molar-refractivity contribution in [1.82, 2.24) is 10.2 Å². The molecular weight excluding hydrogens is 228 g/mol. The number of nitrogens with zero attached hydrogens (tertiary/aromatic N) is 1. The molecule has 0 aliphatic heterocycles. The molecule has 102 valence electrons. The fourth-order valence-corrected chi connectivity index (χ4v) is 1.76. The van der Waals surface area contributed by atoms with Gasteiger partial charge < -0.3 is 14.8 Å². The minimum Gasteiger partial charge on any atom is -0.468 e. The number of hydrogen-bond donors (Lipinski definition) is 2. The third-order valence-corrected chi connectivity index (χ3v) is 2.71. The molecule has 0 unspecified atom stereocenters. The van der Waals surface area contributed by atoms with Gasteiger partial charge in [0.05, 0.1) is 19.4 Å². The van der Waals surface area contributed by atoms with Crippen molar-refractivity contribution in [3.63, 3.8) is 0 Å². The van der Waals surface area contributed by atoms with Crippen LogP contribution in [0.15, 0.2) is 29.4 Å². The van der Waals surface area contributed by atoms with Crippen molar-refractivity contribution in [1.29, 1.82) is 0 Å². The van der Waals surface area contributed by atoms with Crippen molar-refractivity contribution in [3.05, 3.63) is 36.3 Å². The van der Waals surface area contributed by atoms with Crippen LogP contribution in [0.5, 0.6) is 0 Å². The van der Waals surface area contributed by atoms with Crippen LogP contribution in [0.4, 0.5) is 0 Å². The van der Waals surface area contributed by atoms with Gasteiger partial charge >= 0.3 is 0 Å². The standard InChI is InChI=1S/C14H24N2O2/c1-4-6-16(7-8-17)11-13-5-9-18-14(13)10-15-12(2)3/h4-5,9,12,15,17H,1,6-8,10-11H2,2-3H3. The highest BCUT2D eigenvalue weighted by Crippen LogP contribution is 2.13. The third-order valence-electron chi connectivity index (χ3n) is 2.71. The average Bonchev–Trinajstić information content (AvgIpc) is 2.74.